The molecule has 0 spiro atoms. The first-order valence-corrected chi connectivity index (χ1v) is 9.12. The van der Waals surface area contributed by atoms with E-state index in [-0.39, 0.29) is 5.91 Å². The van der Waals surface area contributed by atoms with Crippen molar-refractivity contribution in [3.63, 3.8) is 0 Å². The number of hydrogen-bond donors (Lipinski definition) is 1. The van der Waals surface area contributed by atoms with Crippen LogP contribution in [0, 0.1) is 0 Å². The largest absolute Gasteiger partial charge is 0.336 e. The van der Waals surface area contributed by atoms with E-state index in [1.165, 1.54) is 5.56 Å². The van der Waals surface area contributed by atoms with Gasteiger partial charge in [-0.25, -0.2) is 0 Å². The lowest BCUT2D eigenvalue weighted by atomic mass is 10.2. The summed E-state index contributed by atoms with van der Waals surface area (Å²) in [7, 11) is 0. The van der Waals surface area contributed by atoms with Gasteiger partial charge < -0.3 is 10.2 Å². The summed E-state index contributed by atoms with van der Waals surface area (Å²) < 4.78 is 2.00. The van der Waals surface area contributed by atoms with Crippen molar-refractivity contribution in [3.8, 4) is 0 Å². The molecule has 132 valence electrons. The van der Waals surface area contributed by atoms with Crippen LogP contribution in [0.2, 0.25) is 0 Å². The Morgan fingerprint density at radius 1 is 1.08 bits per heavy atom. The van der Waals surface area contributed by atoms with Crippen LogP contribution in [0.25, 0.3) is 0 Å². The molecule has 2 aliphatic rings. The average molecular weight is 339 g/mol. The number of nitrogens with one attached hydrogen (secondary N) is 1. The Kier molecular flexibility index (Phi) is 4.81. The molecule has 6 heteroatoms. The van der Waals surface area contributed by atoms with Gasteiger partial charge in [-0.1, -0.05) is 30.3 Å². The molecule has 0 radical (unpaired) electrons. The maximum atomic E-state index is 12.8. The summed E-state index contributed by atoms with van der Waals surface area (Å²) in [6.45, 7) is 7.02. The zero-order valence-corrected chi connectivity index (χ0v) is 14.5. The molecule has 0 saturated carbocycles. The molecule has 6 nitrogen and oxygen atoms in total. The molecule has 0 bridgehead atoms. The summed E-state index contributed by atoms with van der Waals surface area (Å²) in [6, 6.07) is 12.5. The highest BCUT2D eigenvalue weighted by Gasteiger charge is 2.24. The molecule has 1 aromatic heterocycles. The summed E-state index contributed by atoms with van der Waals surface area (Å²) in [4.78, 5) is 17.1. The van der Waals surface area contributed by atoms with Crippen LogP contribution in [0.4, 0.5) is 0 Å². The minimum Gasteiger partial charge on any atom is -0.336 e. The van der Waals surface area contributed by atoms with E-state index in [1.807, 2.05) is 21.7 Å². The molecule has 2 aromatic rings. The Labute approximate surface area is 148 Å². The molecule has 1 N–H and O–H groups in total. The third kappa shape index (κ3) is 3.75. The van der Waals surface area contributed by atoms with E-state index in [2.05, 4.69) is 39.6 Å². The number of rotatable bonds is 3. The fourth-order valence-corrected chi connectivity index (χ4v) is 3.61. The Balaban J connectivity index is 1.44. The van der Waals surface area contributed by atoms with Gasteiger partial charge in [0.1, 0.15) is 0 Å². The van der Waals surface area contributed by atoms with Crippen LogP contribution in [0.5, 0.6) is 0 Å². The van der Waals surface area contributed by atoms with Crippen LogP contribution in [0.1, 0.15) is 28.2 Å². The molecule has 1 saturated heterocycles. The lowest BCUT2D eigenvalue weighted by Gasteiger charge is -2.27. The molecule has 0 aliphatic carbocycles. The number of nitrogens with zero attached hydrogens (tertiary/aromatic N) is 4. The predicted octanol–water partition coefficient (Wildman–Crippen LogP) is 1.33. The van der Waals surface area contributed by atoms with Crippen molar-refractivity contribution < 1.29 is 4.79 Å². The number of fused-ring (bicyclic) bond motifs is 1. The van der Waals surface area contributed by atoms with Crippen molar-refractivity contribution in [3.05, 3.63) is 53.3 Å². The van der Waals surface area contributed by atoms with Gasteiger partial charge >= 0.3 is 0 Å². The van der Waals surface area contributed by atoms with E-state index >= 15 is 0 Å². The van der Waals surface area contributed by atoms with Gasteiger partial charge in [-0.3, -0.25) is 14.4 Å². The maximum absolute atomic E-state index is 12.8. The molecule has 4 rings (SSSR count). The van der Waals surface area contributed by atoms with Crippen LogP contribution in [0.15, 0.2) is 36.4 Å². The van der Waals surface area contributed by atoms with Crippen LogP contribution >= 0.6 is 0 Å². The lowest BCUT2D eigenvalue weighted by Crippen LogP contribution is -2.34. The van der Waals surface area contributed by atoms with Gasteiger partial charge in [-0.05, 0) is 24.6 Å². The zero-order chi connectivity index (χ0) is 17.1. The highest BCUT2D eigenvalue weighted by atomic mass is 16.2. The first-order chi connectivity index (χ1) is 12.3. The van der Waals surface area contributed by atoms with E-state index in [9.17, 15) is 4.79 Å². The Morgan fingerprint density at radius 3 is 2.84 bits per heavy atom. The second kappa shape index (κ2) is 7.37. The van der Waals surface area contributed by atoms with Crippen molar-refractivity contribution in [2.45, 2.75) is 26.1 Å². The Morgan fingerprint density at radius 2 is 1.96 bits per heavy atom. The second-order valence-corrected chi connectivity index (χ2v) is 6.84. The third-order valence-corrected chi connectivity index (χ3v) is 4.97. The summed E-state index contributed by atoms with van der Waals surface area (Å²) >= 11 is 0. The van der Waals surface area contributed by atoms with E-state index in [4.69, 9.17) is 0 Å². The van der Waals surface area contributed by atoms with Crippen LogP contribution in [-0.4, -0.2) is 58.2 Å². The summed E-state index contributed by atoms with van der Waals surface area (Å²) in [5, 5.41) is 7.91. The van der Waals surface area contributed by atoms with Crippen molar-refractivity contribution in [2.75, 3.05) is 32.7 Å². The minimum atomic E-state index is 0.0696. The van der Waals surface area contributed by atoms with Crippen LogP contribution < -0.4 is 5.32 Å². The van der Waals surface area contributed by atoms with Crippen molar-refractivity contribution in [1.82, 2.24) is 24.9 Å². The zero-order valence-electron chi connectivity index (χ0n) is 14.5. The highest BCUT2D eigenvalue weighted by molar-refractivity contribution is 5.92. The number of benzene rings is 1. The maximum Gasteiger partial charge on any atom is 0.274 e. The molecule has 0 atom stereocenters. The Hall–Kier alpha value is -2.18. The summed E-state index contributed by atoms with van der Waals surface area (Å²) in [6.07, 6.45) is 1.00. The van der Waals surface area contributed by atoms with Gasteiger partial charge in [0.2, 0.25) is 0 Å². The molecular formula is C19H25N5O. The van der Waals surface area contributed by atoms with Gasteiger partial charge in [0.25, 0.3) is 5.91 Å². The minimum absolute atomic E-state index is 0.0696. The Bertz CT molecular complexity index is 719. The van der Waals surface area contributed by atoms with Crippen LogP contribution in [-0.2, 0) is 19.6 Å². The standard InChI is InChI=1S/C19H25N5O/c25-19(23-9-4-7-20-8-10-23)18-13-17-15-22(11-12-24(17)21-18)14-16-5-2-1-3-6-16/h1-3,5-6,13,20H,4,7-12,14-15H2. The SMILES string of the molecule is O=C(c1cc2n(n1)CCN(Cc1ccccc1)C2)N1CCCNCC1. The topological polar surface area (TPSA) is 53.4 Å². The van der Waals surface area contributed by atoms with E-state index in [0.717, 1.165) is 64.5 Å². The average Bonchev–Trinajstić information content (AvgIpc) is 2.87. The van der Waals surface area contributed by atoms with Gasteiger partial charge in [-0.2, -0.15) is 5.10 Å². The van der Waals surface area contributed by atoms with Crippen molar-refractivity contribution >= 4 is 5.91 Å². The quantitative estimate of drug-likeness (QED) is 0.917. The lowest BCUT2D eigenvalue weighted by molar-refractivity contribution is 0.0759. The number of carbonyl (C=O) groups excluding carboxylic acids is 1. The molecule has 0 unspecified atom stereocenters. The monoisotopic (exact) mass is 339 g/mol. The van der Waals surface area contributed by atoms with Gasteiger partial charge in [0, 0.05) is 39.3 Å². The summed E-state index contributed by atoms with van der Waals surface area (Å²) in [5.74, 6) is 0.0696. The summed E-state index contributed by atoms with van der Waals surface area (Å²) in [5.41, 5.74) is 3.06. The van der Waals surface area contributed by atoms with Crippen molar-refractivity contribution in [2.24, 2.45) is 0 Å². The molecule has 2 aliphatic heterocycles. The molecular weight excluding hydrogens is 314 g/mol. The number of amides is 1. The third-order valence-electron chi connectivity index (χ3n) is 4.97. The molecule has 1 fully saturated rings. The molecule has 1 aromatic carbocycles. The highest BCUT2D eigenvalue weighted by Crippen LogP contribution is 2.17. The number of aromatic nitrogens is 2. The van der Waals surface area contributed by atoms with E-state index in [0.29, 0.717) is 5.69 Å². The predicted molar refractivity (Wildman–Crippen MR) is 96.2 cm³/mol. The van der Waals surface area contributed by atoms with E-state index < -0.39 is 0 Å². The molecule has 25 heavy (non-hydrogen) atoms. The smallest absolute Gasteiger partial charge is 0.274 e. The van der Waals surface area contributed by atoms with Crippen LogP contribution in [0.3, 0.4) is 0 Å². The first kappa shape index (κ1) is 16.3. The molecule has 1 amide bonds. The molecule has 3 heterocycles. The second-order valence-electron chi connectivity index (χ2n) is 6.84. The fourth-order valence-electron chi connectivity index (χ4n) is 3.61. The van der Waals surface area contributed by atoms with Gasteiger partial charge in [0.05, 0.1) is 12.2 Å². The normalized spacial score (nSPS) is 18.6. The fraction of sp³-hybridized carbons (Fsp3) is 0.474. The number of hydrogen-bond acceptors (Lipinski definition) is 4. The number of carbonyl (C=O) groups is 1. The van der Waals surface area contributed by atoms with Gasteiger partial charge in [-0.15, -0.1) is 0 Å². The van der Waals surface area contributed by atoms with Crippen molar-refractivity contribution in [1.29, 1.82) is 0 Å². The first-order valence-electron chi connectivity index (χ1n) is 9.12. The van der Waals surface area contributed by atoms with Gasteiger partial charge in [0.15, 0.2) is 5.69 Å². The van der Waals surface area contributed by atoms with E-state index in [1.54, 1.807) is 0 Å².